The van der Waals surface area contributed by atoms with Gasteiger partial charge in [-0.25, -0.2) is 0 Å². The highest BCUT2D eigenvalue weighted by atomic mass is 32.2. The van der Waals surface area contributed by atoms with E-state index in [1.165, 1.54) is 36.4 Å². The van der Waals surface area contributed by atoms with E-state index in [9.17, 15) is 39.4 Å². The summed E-state index contributed by atoms with van der Waals surface area (Å²) >= 11 is 0.839. The number of hydrogen-bond donors (Lipinski definition) is 0. The van der Waals surface area contributed by atoms with Gasteiger partial charge < -0.3 is 29.0 Å². The predicted octanol–water partition coefficient (Wildman–Crippen LogP) is 8.35. The van der Waals surface area contributed by atoms with Gasteiger partial charge in [-0.3, -0.25) is 39.4 Å². The maximum absolute atomic E-state index is 13.6. The summed E-state index contributed by atoms with van der Waals surface area (Å²) in [7, 11) is 0. The smallest absolute Gasteiger partial charge is 0.310 e. The van der Waals surface area contributed by atoms with Crippen molar-refractivity contribution in [3.63, 3.8) is 0 Å². The van der Waals surface area contributed by atoms with Crippen molar-refractivity contribution < 1.29 is 58.0 Å². The molecule has 2 saturated heterocycles. The van der Waals surface area contributed by atoms with Crippen molar-refractivity contribution in [2.45, 2.75) is 62.2 Å². The van der Waals surface area contributed by atoms with E-state index in [0.29, 0.717) is 85.4 Å². The lowest BCUT2D eigenvalue weighted by Gasteiger charge is -2.30. The summed E-state index contributed by atoms with van der Waals surface area (Å²) in [6, 6.07) is 16.3. The molecule has 0 radical (unpaired) electrons. The zero-order valence-corrected chi connectivity index (χ0v) is 38.9. The van der Waals surface area contributed by atoms with Gasteiger partial charge in [0.25, 0.3) is 11.4 Å². The van der Waals surface area contributed by atoms with E-state index in [-0.39, 0.29) is 95.6 Å². The van der Waals surface area contributed by atoms with Crippen LogP contribution in [0.3, 0.4) is 0 Å². The molecule has 4 aliphatic rings. The van der Waals surface area contributed by atoms with Crippen LogP contribution in [0.25, 0.3) is 34.4 Å². The lowest BCUT2D eigenvalue weighted by Crippen LogP contribution is -2.42. The minimum atomic E-state index is -0.543. The first-order chi connectivity index (χ1) is 33.4. The number of hydrogen-bond acceptors (Lipinski definition) is 15. The summed E-state index contributed by atoms with van der Waals surface area (Å²) in [5.74, 6) is -1.55. The molecule has 2 unspecified atom stereocenters. The maximum Gasteiger partial charge on any atom is 0.310 e. The Bertz CT molecular complexity index is 2560. The van der Waals surface area contributed by atoms with Crippen LogP contribution >= 0.6 is 11.8 Å². The van der Waals surface area contributed by atoms with Crippen LogP contribution in [0.2, 0.25) is 0 Å². The second-order valence-corrected chi connectivity index (χ2v) is 17.8. The van der Waals surface area contributed by atoms with E-state index in [0.717, 1.165) is 22.9 Å². The van der Waals surface area contributed by atoms with Crippen LogP contribution in [0.15, 0.2) is 82.6 Å². The zero-order chi connectivity index (χ0) is 48.6. The van der Waals surface area contributed by atoms with Crippen molar-refractivity contribution in [2.24, 2.45) is 11.8 Å². The lowest BCUT2D eigenvalue weighted by molar-refractivity contribution is -0.387. The van der Waals surface area contributed by atoms with Gasteiger partial charge in [0.05, 0.1) is 69.0 Å². The van der Waals surface area contributed by atoms with Crippen LogP contribution in [-0.2, 0) is 51.3 Å². The minimum Gasteiger partial charge on any atom is -0.466 e. The summed E-state index contributed by atoms with van der Waals surface area (Å²) < 4.78 is 10.4. The number of benzene rings is 4. The number of carbonyl (C=O) groups is 4. The molecule has 2 fully saturated rings. The average Bonchev–Trinajstić information content (AvgIpc) is 3.37. The Morgan fingerprint density at radius 2 is 1.10 bits per heavy atom. The second kappa shape index (κ2) is 21.9. The van der Waals surface area contributed by atoms with Gasteiger partial charge in [-0.2, -0.15) is 9.78 Å². The van der Waals surface area contributed by atoms with Crippen LogP contribution in [0.4, 0.5) is 11.4 Å². The molecule has 4 aromatic carbocycles. The van der Waals surface area contributed by atoms with Crippen molar-refractivity contribution in [1.29, 1.82) is 0 Å². The molecule has 360 valence electrons. The number of nitro groups is 2. The number of nitrogens with zero attached hydrogens (tertiary/aromatic N) is 4. The molecule has 19 heteroatoms. The molecule has 0 aliphatic carbocycles. The third-order valence-corrected chi connectivity index (χ3v) is 13.5. The van der Waals surface area contributed by atoms with Crippen molar-refractivity contribution in [3.05, 3.63) is 115 Å². The zero-order valence-electron chi connectivity index (χ0n) is 38.0. The fourth-order valence-electron chi connectivity index (χ4n) is 9.03. The maximum atomic E-state index is 13.6. The number of ether oxygens (including phenoxy) is 2. The van der Waals surface area contributed by atoms with Gasteiger partial charge in [-0.05, 0) is 110 Å². The molecule has 2 atom stereocenters. The first-order valence-corrected chi connectivity index (χ1v) is 23.7. The monoisotopic (exact) mass is 962 g/mol. The highest BCUT2D eigenvalue weighted by Gasteiger charge is 2.33. The number of nitro benzene ring substituents is 2. The highest BCUT2D eigenvalue weighted by molar-refractivity contribution is 7.99. The number of amides is 2. The van der Waals surface area contributed by atoms with Gasteiger partial charge in [-0.1, -0.05) is 36.0 Å². The number of carbonyl (C=O) groups excluding carboxylic acids is 4. The minimum absolute atomic E-state index is 0.0776. The van der Waals surface area contributed by atoms with Crippen LogP contribution < -0.4 is 9.78 Å². The van der Waals surface area contributed by atoms with E-state index >= 15 is 0 Å². The molecule has 0 aromatic heterocycles. The third kappa shape index (κ3) is 11.0. The topological polar surface area (TPSA) is 216 Å². The van der Waals surface area contributed by atoms with Gasteiger partial charge in [0, 0.05) is 62.3 Å². The fourth-order valence-corrected chi connectivity index (χ4v) is 10.1. The van der Waals surface area contributed by atoms with Gasteiger partial charge in [0.2, 0.25) is 11.8 Å². The number of rotatable bonds is 14. The molecular formula is C50H50N4O14S. The molecule has 4 heterocycles. The molecule has 0 spiro atoms. The molecular weight excluding hydrogens is 913 g/mol. The third-order valence-electron chi connectivity index (χ3n) is 12.4. The Morgan fingerprint density at radius 1 is 0.667 bits per heavy atom. The van der Waals surface area contributed by atoms with Crippen LogP contribution in [0, 0.1) is 32.1 Å². The normalized spacial score (nSPS) is 17.9. The Labute approximate surface area is 401 Å². The molecule has 4 aromatic rings. The quantitative estimate of drug-likeness (QED) is 0.0381. The second-order valence-electron chi connectivity index (χ2n) is 16.7. The van der Waals surface area contributed by atoms with E-state index in [1.807, 2.05) is 0 Å². The molecule has 0 saturated carbocycles. The average molecular weight is 963 g/mol. The SMILES string of the molecule is CCOC(=O)C1CCCN(C(=O)/C=C/c2ccc(Sc3ccc(/C=C/C(=O)N4CCCC(C(=O)OCC)C4)c(-c4ccc5c(c4)CCOO5)c3[N+](=O)[O-])c([N+](=O)[O-])c2-c2ccc3c(c2)CCOO3)C1. The fraction of sp³-hybridized carbons (Fsp3) is 0.360. The Balaban J connectivity index is 1.20. The van der Waals surface area contributed by atoms with E-state index < -0.39 is 21.7 Å². The molecule has 18 nitrogen and oxygen atoms in total. The van der Waals surface area contributed by atoms with Crippen LogP contribution in [-0.4, -0.2) is 96.0 Å². The summed E-state index contributed by atoms with van der Waals surface area (Å²) in [6.45, 7) is 5.59. The number of piperidine rings is 2. The first-order valence-electron chi connectivity index (χ1n) is 22.9. The van der Waals surface area contributed by atoms with Crippen molar-refractivity contribution in [2.75, 3.05) is 52.6 Å². The molecule has 2 amide bonds. The van der Waals surface area contributed by atoms with Gasteiger partial charge >= 0.3 is 11.9 Å². The molecule has 8 rings (SSSR count). The van der Waals surface area contributed by atoms with Gasteiger partial charge in [-0.15, -0.1) is 0 Å². The van der Waals surface area contributed by atoms with E-state index in [2.05, 4.69) is 0 Å². The number of fused-ring (bicyclic) bond motifs is 2. The summed E-state index contributed by atoms with van der Waals surface area (Å²) in [6.07, 6.45) is 8.95. The van der Waals surface area contributed by atoms with Crippen molar-refractivity contribution in [1.82, 2.24) is 9.80 Å². The van der Waals surface area contributed by atoms with Crippen LogP contribution in [0.1, 0.15) is 61.8 Å². The van der Waals surface area contributed by atoms with Gasteiger partial charge in [0.15, 0.2) is 11.5 Å². The van der Waals surface area contributed by atoms with Crippen molar-refractivity contribution >= 4 is 59.0 Å². The molecule has 4 aliphatic heterocycles. The molecule has 0 N–H and O–H groups in total. The first kappa shape index (κ1) is 48.4. The molecule has 0 bridgehead atoms. The lowest BCUT2D eigenvalue weighted by atomic mass is 9.94. The summed E-state index contributed by atoms with van der Waals surface area (Å²) in [5, 5.41) is 26.9. The highest BCUT2D eigenvalue weighted by Crippen LogP contribution is 2.49. The summed E-state index contributed by atoms with van der Waals surface area (Å²) in [4.78, 5) is 102. The van der Waals surface area contributed by atoms with Gasteiger partial charge in [0.1, 0.15) is 0 Å². The van der Waals surface area contributed by atoms with E-state index in [4.69, 9.17) is 29.0 Å². The van der Waals surface area contributed by atoms with Crippen LogP contribution in [0.5, 0.6) is 11.5 Å². The molecule has 69 heavy (non-hydrogen) atoms. The Morgan fingerprint density at radius 3 is 1.51 bits per heavy atom. The van der Waals surface area contributed by atoms with E-state index in [1.54, 1.807) is 72.2 Å². The number of likely N-dealkylation sites (tertiary alicyclic amines) is 2. The number of esters is 2. The summed E-state index contributed by atoms with van der Waals surface area (Å²) in [5.41, 5.74) is 2.59. The largest absolute Gasteiger partial charge is 0.466 e. The Hall–Kier alpha value is -7.09. The standard InChI is InChI=1S/C50H50N4O14S/c1-3-63-49(57)37-7-5-23-51(29-37)43(55)19-13-31-11-17-41(47(53(59)60)45(31)35-9-15-39-33(27-35)21-25-65-67-39)69-42-18-12-32(14-20-44(56)52-24-6-8-38(30-52)50(58)64-4-2)46(48(42)54(61)62)36-10-16-40-34(28-36)22-26-66-68-40/h9-20,27-28,37-38H,3-8,21-26,29-30H2,1-2H3/b19-13+,20-14+. The predicted molar refractivity (Wildman–Crippen MR) is 252 cm³/mol. The van der Waals surface area contributed by atoms with Crippen molar-refractivity contribution in [3.8, 4) is 33.8 Å². The Kier molecular flexibility index (Phi) is 15.4.